The maximum absolute atomic E-state index is 12.6. The third-order valence-corrected chi connectivity index (χ3v) is 5.14. The highest BCUT2D eigenvalue weighted by molar-refractivity contribution is 5.87. The van der Waals surface area contributed by atoms with Crippen LogP contribution in [0, 0.1) is 0 Å². The first-order valence-electron chi connectivity index (χ1n) is 9.89. The summed E-state index contributed by atoms with van der Waals surface area (Å²) in [5.74, 6) is 0. The molecule has 2 rings (SSSR count). The van der Waals surface area contributed by atoms with E-state index in [1.807, 2.05) is 32.0 Å². The summed E-state index contributed by atoms with van der Waals surface area (Å²) in [4.78, 5) is 31.1. The standard InChI is InChI=1S/C21H32N4O3/c1-16(24-28-20(27)23-18-13-9-6-10-14-18)15-21(2,3)25(4)19(26)22-17-11-7-5-8-12-17/h6,9-10,13-14,17H,5,7-8,11-12,15H2,1-4H3,(H,22,26)(H,23,27)/b24-16+. The number of carbonyl (C=O) groups is 2. The molecule has 0 atom stereocenters. The van der Waals surface area contributed by atoms with E-state index in [-0.39, 0.29) is 12.1 Å². The predicted molar refractivity (Wildman–Crippen MR) is 112 cm³/mol. The topological polar surface area (TPSA) is 83.0 Å². The molecule has 3 amide bonds. The number of hydrogen-bond acceptors (Lipinski definition) is 4. The molecule has 2 N–H and O–H groups in total. The SMILES string of the molecule is C/C(CC(C)(C)N(C)C(=O)NC1CCCCC1)=N\OC(=O)Nc1ccccc1. The fourth-order valence-electron chi connectivity index (χ4n) is 3.35. The first-order chi connectivity index (χ1) is 13.3. The van der Waals surface area contributed by atoms with Crippen molar-refractivity contribution < 1.29 is 14.4 Å². The van der Waals surface area contributed by atoms with Crippen LogP contribution in [0.25, 0.3) is 0 Å². The maximum Gasteiger partial charge on any atom is 0.437 e. The minimum atomic E-state index is -0.647. The Labute approximate surface area is 167 Å². The number of carbonyl (C=O) groups excluding carboxylic acids is 2. The van der Waals surface area contributed by atoms with Gasteiger partial charge in [0.15, 0.2) is 0 Å². The second-order valence-corrected chi connectivity index (χ2v) is 8.03. The molecule has 154 valence electrons. The van der Waals surface area contributed by atoms with Crippen molar-refractivity contribution in [2.45, 2.75) is 70.9 Å². The zero-order valence-electron chi connectivity index (χ0n) is 17.3. The van der Waals surface area contributed by atoms with Gasteiger partial charge < -0.3 is 10.2 Å². The second-order valence-electron chi connectivity index (χ2n) is 8.03. The predicted octanol–water partition coefficient (Wildman–Crippen LogP) is 4.75. The lowest BCUT2D eigenvalue weighted by atomic mass is 9.94. The van der Waals surface area contributed by atoms with Crippen molar-refractivity contribution in [1.82, 2.24) is 10.2 Å². The van der Waals surface area contributed by atoms with Gasteiger partial charge in [0.1, 0.15) is 0 Å². The lowest BCUT2D eigenvalue weighted by molar-refractivity contribution is 0.150. The van der Waals surface area contributed by atoms with E-state index < -0.39 is 11.6 Å². The van der Waals surface area contributed by atoms with Crippen molar-refractivity contribution in [3.63, 3.8) is 0 Å². The van der Waals surface area contributed by atoms with Crippen LogP contribution in [0.1, 0.15) is 59.3 Å². The lowest BCUT2D eigenvalue weighted by Crippen LogP contribution is -2.52. The Morgan fingerprint density at radius 1 is 1.18 bits per heavy atom. The Kier molecular flexibility index (Phi) is 7.84. The molecule has 28 heavy (non-hydrogen) atoms. The Morgan fingerprint density at radius 2 is 1.82 bits per heavy atom. The number of anilines is 1. The number of hydrogen-bond donors (Lipinski definition) is 2. The zero-order valence-corrected chi connectivity index (χ0v) is 17.3. The molecule has 0 aliphatic heterocycles. The minimum absolute atomic E-state index is 0.0764. The molecular weight excluding hydrogens is 356 g/mol. The molecule has 0 heterocycles. The van der Waals surface area contributed by atoms with Crippen LogP contribution >= 0.6 is 0 Å². The molecule has 7 nitrogen and oxygen atoms in total. The number of benzene rings is 1. The summed E-state index contributed by atoms with van der Waals surface area (Å²) in [5.41, 5.74) is 0.802. The van der Waals surface area contributed by atoms with Gasteiger partial charge >= 0.3 is 12.1 Å². The van der Waals surface area contributed by atoms with Gasteiger partial charge in [0.05, 0.1) is 5.71 Å². The van der Waals surface area contributed by atoms with E-state index in [0.717, 1.165) is 12.8 Å². The molecular formula is C21H32N4O3. The largest absolute Gasteiger partial charge is 0.437 e. The van der Waals surface area contributed by atoms with Crippen molar-refractivity contribution >= 4 is 23.5 Å². The fraction of sp³-hybridized carbons (Fsp3) is 0.571. The molecule has 0 bridgehead atoms. The summed E-state index contributed by atoms with van der Waals surface area (Å²) in [6.45, 7) is 5.72. The van der Waals surface area contributed by atoms with Crippen LogP contribution in [0.15, 0.2) is 35.5 Å². The van der Waals surface area contributed by atoms with E-state index in [1.165, 1.54) is 19.3 Å². The molecule has 1 saturated carbocycles. The van der Waals surface area contributed by atoms with Crippen LogP contribution in [-0.2, 0) is 4.84 Å². The van der Waals surface area contributed by atoms with Gasteiger partial charge in [-0.3, -0.25) is 10.2 Å². The fourth-order valence-corrected chi connectivity index (χ4v) is 3.35. The average molecular weight is 389 g/mol. The van der Waals surface area contributed by atoms with Crippen molar-refractivity contribution in [2.24, 2.45) is 5.16 Å². The summed E-state index contributed by atoms with van der Waals surface area (Å²) in [6.07, 6.45) is 5.53. The summed E-state index contributed by atoms with van der Waals surface area (Å²) in [7, 11) is 1.79. The molecule has 0 unspecified atom stereocenters. The summed E-state index contributed by atoms with van der Waals surface area (Å²) in [5, 5.41) is 9.64. The summed E-state index contributed by atoms with van der Waals surface area (Å²) < 4.78 is 0. The first-order valence-corrected chi connectivity index (χ1v) is 9.89. The normalized spacial score (nSPS) is 15.6. The Balaban J connectivity index is 1.83. The first kappa shape index (κ1) is 21.7. The molecule has 0 radical (unpaired) electrons. The van der Waals surface area contributed by atoms with Crippen molar-refractivity contribution in [3.05, 3.63) is 30.3 Å². The summed E-state index contributed by atoms with van der Waals surface area (Å²) in [6, 6.07) is 9.22. The van der Waals surface area contributed by atoms with Gasteiger partial charge in [-0.25, -0.2) is 9.59 Å². The van der Waals surface area contributed by atoms with Crippen molar-refractivity contribution in [3.8, 4) is 0 Å². The monoisotopic (exact) mass is 388 g/mol. The number of amides is 3. The number of oxime groups is 1. The molecule has 0 spiro atoms. The minimum Gasteiger partial charge on any atom is -0.335 e. The molecule has 0 aromatic heterocycles. The Hall–Kier alpha value is -2.57. The molecule has 7 heteroatoms. The van der Waals surface area contributed by atoms with E-state index in [9.17, 15) is 9.59 Å². The van der Waals surface area contributed by atoms with Crippen LogP contribution in [0.2, 0.25) is 0 Å². The highest BCUT2D eigenvalue weighted by atomic mass is 16.7. The molecule has 1 fully saturated rings. The Bertz CT molecular complexity index is 682. The highest BCUT2D eigenvalue weighted by Gasteiger charge is 2.30. The number of nitrogens with zero attached hydrogens (tertiary/aromatic N) is 2. The van der Waals surface area contributed by atoms with Gasteiger partial charge in [0, 0.05) is 30.7 Å². The quantitative estimate of drug-likeness (QED) is 0.419. The van der Waals surface area contributed by atoms with E-state index in [4.69, 9.17) is 4.84 Å². The van der Waals surface area contributed by atoms with Gasteiger partial charge in [-0.1, -0.05) is 42.6 Å². The average Bonchev–Trinajstić information content (AvgIpc) is 2.67. The number of para-hydroxylation sites is 1. The van der Waals surface area contributed by atoms with Gasteiger partial charge in [0.25, 0.3) is 0 Å². The van der Waals surface area contributed by atoms with Gasteiger partial charge in [-0.2, -0.15) is 0 Å². The van der Waals surface area contributed by atoms with Crippen LogP contribution in [0.3, 0.4) is 0 Å². The lowest BCUT2D eigenvalue weighted by Gasteiger charge is -2.37. The summed E-state index contributed by atoms with van der Waals surface area (Å²) >= 11 is 0. The van der Waals surface area contributed by atoms with Crippen LogP contribution in [-0.4, -0.2) is 41.4 Å². The second kappa shape index (κ2) is 10.1. The zero-order chi connectivity index (χ0) is 20.6. The van der Waals surface area contributed by atoms with Gasteiger partial charge in [0.2, 0.25) is 0 Å². The molecule has 1 aliphatic carbocycles. The van der Waals surface area contributed by atoms with E-state index in [2.05, 4.69) is 15.8 Å². The van der Waals surface area contributed by atoms with E-state index in [1.54, 1.807) is 31.0 Å². The number of nitrogens with one attached hydrogen (secondary N) is 2. The van der Waals surface area contributed by atoms with Crippen molar-refractivity contribution in [1.29, 1.82) is 0 Å². The van der Waals surface area contributed by atoms with Crippen LogP contribution < -0.4 is 10.6 Å². The third-order valence-electron chi connectivity index (χ3n) is 5.14. The smallest absolute Gasteiger partial charge is 0.335 e. The Morgan fingerprint density at radius 3 is 2.46 bits per heavy atom. The molecule has 0 saturated heterocycles. The third kappa shape index (κ3) is 6.87. The van der Waals surface area contributed by atoms with E-state index in [0.29, 0.717) is 17.8 Å². The van der Waals surface area contributed by atoms with Crippen LogP contribution in [0.4, 0.5) is 15.3 Å². The van der Waals surface area contributed by atoms with Crippen molar-refractivity contribution in [2.75, 3.05) is 12.4 Å². The maximum atomic E-state index is 12.6. The molecule has 1 aromatic rings. The highest BCUT2D eigenvalue weighted by Crippen LogP contribution is 2.21. The molecule has 1 aliphatic rings. The van der Waals surface area contributed by atoms with E-state index >= 15 is 0 Å². The van der Waals surface area contributed by atoms with Gasteiger partial charge in [-0.05, 0) is 45.7 Å². The molecule has 1 aromatic carbocycles. The number of urea groups is 1. The van der Waals surface area contributed by atoms with Crippen LogP contribution in [0.5, 0.6) is 0 Å². The number of rotatable bonds is 6. The van der Waals surface area contributed by atoms with Gasteiger partial charge in [-0.15, -0.1) is 0 Å².